The molecule has 0 aromatic heterocycles. The van der Waals surface area contributed by atoms with Gasteiger partial charge in [0, 0.05) is 27.7 Å². The first-order valence-corrected chi connectivity index (χ1v) is 8.98. The summed E-state index contributed by atoms with van der Waals surface area (Å²) in [5.41, 5.74) is -0.163. The first-order chi connectivity index (χ1) is 10.7. The molecule has 0 spiro atoms. The van der Waals surface area contributed by atoms with E-state index in [0.29, 0.717) is 19.3 Å². The average molecular weight is 348 g/mol. The lowest BCUT2D eigenvalue weighted by molar-refractivity contribution is -0.274. The molecule has 0 amide bonds. The van der Waals surface area contributed by atoms with Crippen molar-refractivity contribution in [3.8, 4) is 5.75 Å². The zero-order chi connectivity index (χ0) is 16.7. The number of benzene rings is 1. The van der Waals surface area contributed by atoms with Crippen molar-refractivity contribution in [2.24, 2.45) is 0 Å². The van der Waals surface area contributed by atoms with Gasteiger partial charge in [-0.1, -0.05) is 18.6 Å². The highest BCUT2D eigenvalue weighted by Gasteiger charge is 2.45. The SMILES string of the molecule is O=S1C2CCCC1CC(O)(Cc1ccc(OC(F)(F)F)cc1)C2. The molecular formula is C16H19F3O3S. The second-order valence-electron chi connectivity index (χ2n) is 6.50. The van der Waals surface area contributed by atoms with Crippen LogP contribution in [0.4, 0.5) is 13.2 Å². The summed E-state index contributed by atoms with van der Waals surface area (Å²) < 4.78 is 52.5. The van der Waals surface area contributed by atoms with Crippen molar-refractivity contribution in [3.05, 3.63) is 29.8 Å². The van der Waals surface area contributed by atoms with Crippen molar-refractivity contribution in [2.75, 3.05) is 0 Å². The van der Waals surface area contributed by atoms with Crippen LogP contribution in [-0.2, 0) is 17.2 Å². The summed E-state index contributed by atoms with van der Waals surface area (Å²) >= 11 is 0. The van der Waals surface area contributed by atoms with Crippen molar-refractivity contribution in [1.29, 1.82) is 0 Å². The molecule has 2 aliphatic heterocycles. The molecule has 2 unspecified atom stereocenters. The highest BCUT2D eigenvalue weighted by Crippen LogP contribution is 2.40. The lowest BCUT2D eigenvalue weighted by Gasteiger charge is -2.43. The molecule has 128 valence electrons. The average Bonchev–Trinajstić information content (AvgIpc) is 2.42. The summed E-state index contributed by atoms with van der Waals surface area (Å²) in [6.07, 6.45) is -0.532. The molecule has 3 nitrogen and oxygen atoms in total. The molecule has 23 heavy (non-hydrogen) atoms. The van der Waals surface area contributed by atoms with E-state index in [1.165, 1.54) is 12.1 Å². The molecule has 1 aromatic rings. The number of rotatable bonds is 3. The van der Waals surface area contributed by atoms with Gasteiger partial charge in [-0.2, -0.15) is 0 Å². The van der Waals surface area contributed by atoms with Crippen LogP contribution < -0.4 is 4.74 Å². The summed E-state index contributed by atoms with van der Waals surface area (Å²) in [6.45, 7) is 0. The van der Waals surface area contributed by atoms with E-state index in [1.807, 2.05) is 0 Å². The largest absolute Gasteiger partial charge is 0.573 e. The third-order valence-electron chi connectivity index (χ3n) is 4.61. The Bertz CT molecular complexity index is 569. The van der Waals surface area contributed by atoms with Gasteiger partial charge < -0.3 is 9.84 Å². The molecule has 1 aromatic carbocycles. The third-order valence-corrected chi connectivity index (χ3v) is 6.73. The molecule has 2 bridgehead atoms. The Hall–Kier alpha value is -1.08. The number of alkyl halides is 3. The van der Waals surface area contributed by atoms with Crippen LogP contribution in [-0.4, -0.2) is 31.8 Å². The van der Waals surface area contributed by atoms with Gasteiger partial charge in [-0.15, -0.1) is 13.2 Å². The van der Waals surface area contributed by atoms with Gasteiger partial charge in [-0.05, 0) is 43.4 Å². The number of fused-ring (bicyclic) bond motifs is 2. The standard InChI is InChI=1S/C16H19F3O3S/c17-16(18,19)22-12-6-4-11(5-7-12)8-15(20)9-13-2-1-3-14(10-15)23(13)21/h4-7,13-14,20H,1-3,8-10H2. The van der Waals surface area contributed by atoms with E-state index in [0.717, 1.165) is 24.8 Å². The first-order valence-electron chi connectivity index (χ1n) is 7.71. The van der Waals surface area contributed by atoms with Crippen LogP contribution in [0.2, 0.25) is 0 Å². The van der Waals surface area contributed by atoms with E-state index < -0.39 is 22.8 Å². The Morgan fingerprint density at radius 3 is 2.26 bits per heavy atom. The number of halogens is 3. The summed E-state index contributed by atoms with van der Waals surface area (Å²) in [4.78, 5) is 0. The van der Waals surface area contributed by atoms with E-state index in [1.54, 1.807) is 12.1 Å². The van der Waals surface area contributed by atoms with Crippen LogP contribution in [0.25, 0.3) is 0 Å². The summed E-state index contributed by atoms with van der Waals surface area (Å²) in [7, 11) is -0.861. The summed E-state index contributed by atoms with van der Waals surface area (Å²) in [5.74, 6) is -0.269. The summed E-state index contributed by atoms with van der Waals surface area (Å²) in [6, 6.07) is 5.60. The van der Waals surface area contributed by atoms with E-state index >= 15 is 0 Å². The zero-order valence-corrected chi connectivity index (χ0v) is 13.3. The van der Waals surface area contributed by atoms with Crippen LogP contribution >= 0.6 is 0 Å². The minimum atomic E-state index is -4.70. The fourth-order valence-corrected chi connectivity index (χ4v) is 6.00. The van der Waals surface area contributed by atoms with Gasteiger partial charge in [0.15, 0.2) is 0 Å². The lowest BCUT2D eigenvalue weighted by atomic mass is 9.81. The molecule has 7 heteroatoms. The number of hydrogen-bond donors (Lipinski definition) is 1. The van der Waals surface area contributed by atoms with Crippen LogP contribution in [0.1, 0.15) is 37.7 Å². The van der Waals surface area contributed by atoms with E-state index in [2.05, 4.69) is 4.74 Å². The highest BCUT2D eigenvalue weighted by molar-refractivity contribution is 7.86. The molecule has 2 aliphatic rings. The van der Waals surface area contributed by atoms with Crippen molar-refractivity contribution >= 4 is 10.8 Å². The molecule has 2 heterocycles. The van der Waals surface area contributed by atoms with Crippen LogP contribution in [0, 0.1) is 0 Å². The second-order valence-corrected chi connectivity index (χ2v) is 8.49. The molecule has 2 saturated heterocycles. The van der Waals surface area contributed by atoms with Gasteiger partial charge in [-0.3, -0.25) is 4.21 Å². The smallest absolute Gasteiger partial charge is 0.406 e. The van der Waals surface area contributed by atoms with E-state index in [4.69, 9.17) is 0 Å². The Labute approximate surface area is 135 Å². The van der Waals surface area contributed by atoms with Crippen molar-refractivity contribution in [2.45, 2.75) is 61.0 Å². The van der Waals surface area contributed by atoms with Crippen LogP contribution in [0.5, 0.6) is 5.75 Å². The molecule has 1 N–H and O–H groups in total. The summed E-state index contributed by atoms with van der Waals surface area (Å²) in [5, 5.41) is 10.9. The van der Waals surface area contributed by atoms with Gasteiger partial charge in [0.1, 0.15) is 5.75 Å². The number of aliphatic hydroxyl groups is 1. The quantitative estimate of drug-likeness (QED) is 0.911. The topological polar surface area (TPSA) is 46.5 Å². The zero-order valence-electron chi connectivity index (χ0n) is 12.5. The Morgan fingerprint density at radius 2 is 1.74 bits per heavy atom. The van der Waals surface area contributed by atoms with Crippen molar-refractivity contribution in [3.63, 3.8) is 0 Å². The maximum Gasteiger partial charge on any atom is 0.573 e. The Kier molecular flexibility index (Phi) is 4.44. The Balaban J connectivity index is 1.68. The monoisotopic (exact) mass is 348 g/mol. The molecule has 2 atom stereocenters. The highest BCUT2D eigenvalue weighted by atomic mass is 32.2. The van der Waals surface area contributed by atoms with E-state index in [9.17, 15) is 22.5 Å². The van der Waals surface area contributed by atoms with Gasteiger partial charge in [-0.25, -0.2) is 0 Å². The maximum atomic E-state index is 12.2. The number of ether oxygens (including phenoxy) is 1. The van der Waals surface area contributed by atoms with Crippen LogP contribution in [0.15, 0.2) is 24.3 Å². The Morgan fingerprint density at radius 1 is 1.17 bits per heavy atom. The second kappa shape index (κ2) is 6.09. The van der Waals surface area contributed by atoms with Gasteiger partial charge >= 0.3 is 6.36 Å². The van der Waals surface area contributed by atoms with Crippen molar-refractivity contribution < 1.29 is 27.2 Å². The number of hydrogen-bond acceptors (Lipinski definition) is 3. The predicted octanol–water partition coefficient (Wildman–Crippen LogP) is 3.32. The third kappa shape index (κ3) is 4.07. The van der Waals surface area contributed by atoms with Gasteiger partial charge in [0.05, 0.1) is 5.60 Å². The fourth-order valence-electron chi connectivity index (χ4n) is 3.71. The maximum absolute atomic E-state index is 12.2. The predicted molar refractivity (Wildman–Crippen MR) is 80.6 cm³/mol. The minimum absolute atomic E-state index is 0.0420. The minimum Gasteiger partial charge on any atom is -0.406 e. The van der Waals surface area contributed by atoms with E-state index in [-0.39, 0.29) is 16.2 Å². The van der Waals surface area contributed by atoms with Gasteiger partial charge in [0.25, 0.3) is 0 Å². The first kappa shape index (κ1) is 16.8. The lowest BCUT2D eigenvalue weighted by Crippen LogP contribution is -2.50. The molecule has 0 radical (unpaired) electrons. The molecule has 0 saturated carbocycles. The van der Waals surface area contributed by atoms with Crippen molar-refractivity contribution in [1.82, 2.24) is 0 Å². The van der Waals surface area contributed by atoms with Gasteiger partial charge in [0.2, 0.25) is 0 Å². The molecule has 3 rings (SSSR count). The fraction of sp³-hybridized carbons (Fsp3) is 0.625. The molecule has 2 fully saturated rings. The van der Waals surface area contributed by atoms with Crippen LogP contribution in [0.3, 0.4) is 0 Å². The molecule has 0 aliphatic carbocycles. The molecular weight excluding hydrogens is 329 g/mol. The normalized spacial score (nSPS) is 34.2.